The van der Waals surface area contributed by atoms with Gasteiger partial charge in [0, 0.05) is 30.7 Å². The number of urea groups is 1. The second kappa shape index (κ2) is 7.55. The first-order valence-electron chi connectivity index (χ1n) is 10.1. The molecule has 0 aromatic heterocycles. The molecule has 0 bridgehead atoms. The zero-order valence-corrected chi connectivity index (χ0v) is 16.7. The van der Waals surface area contributed by atoms with Gasteiger partial charge in [-0.3, -0.25) is 9.80 Å². The second-order valence-corrected chi connectivity index (χ2v) is 8.13. The van der Waals surface area contributed by atoms with Gasteiger partial charge in [0.15, 0.2) is 0 Å². The molecule has 0 aliphatic carbocycles. The van der Waals surface area contributed by atoms with Crippen LogP contribution in [0.4, 0.5) is 14.9 Å². The van der Waals surface area contributed by atoms with Crippen molar-refractivity contribution >= 4 is 11.7 Å². The topological polar surface area (TPSA) is 35.6 Å². The highest BCUT2D eigenvalue weighted by Gasteiger charge is 2.46. The van der Waals surface area contributed by atoms with Gasteiger partial charge in [0.05, 0.1) is 0 Å². The van der Waals surface area contributed by atoms with Crippen LogP contribution in [0.25, 0.3) is 0 Å². The van der Waals surface area contributed by atoms with Crippen LogP contribution in [0.1, 0.15) is 36.5 Å². The number of halogens is 1. The maximum absolute atomic E-state index is 14.0. The van der Waals surface area contributed by atoms with Crippen LogP contribution >= 0.6 is 0 Å². The molecule has 0 unspecified atom stereocenters. The van der Waals surface area contributed by atoms with E-state index in [4.69, 9.17) is 0 Å². The molecule has 28 heavy (non-hydrogen) atoms. The second-order valence-electron chi connectivity index (χ2n) is 8.13. The summed E-state index contributed by atoms with van der Waals surface area (Å²) in [5, 5.41) is 2.89. The van der Waals surface area contributed by atoms with Gasteiger partial charge >= 0.3 is 6.03 Å². The summed E-state index contributed by atoms with van der Waals surface area (Å²) >= 11 is 0. The maximum atomic E-state index is 14.0. The van der Waals surface area contributed by atoms with Crippen molar-refractivity contribution in [3.8, 4) is 0 Å². The van der Waals surface area contributed by atoms with Crippen molar-refractivity contribution in [1.29, 1.82) is 0 Å². The number of hydrogen-bond donors (Lipinski definition) is 1. The average Bonchev–Trinajstić information content (AvgIpc) is 2.99. The first-order valence-corrected chi connectivity index (χ1v) is 10.1. The van der Waals surface area contributed by atoms with Crippen LogP contribution in [-0.4, -0.2) is 37.1 Å². The number of carbonyl (C=O) groups is 1. The van der Waals surface area contributed by atoms with E-state index in [0.29, 0.717) is 13.1 Å². The lowest BCUT2D eigenvalue weighted by Gasteiger charge is -2.40. The quantitative estimate of drug-likeness (QED) is 0.864. The number of anilines is 1. The molecular weight excluding hydrogens is 353 g/mol. The van der Waals surface area contributed by atoms with Gasteiger partial charge < -0.3 is 5.32 Å². The van der Waals surface area contributed by atoms with E-state index in [1.807, 2.05) is 6.92 Å². The summed E-state index contributed by atoms with van der Waals surface area (Å²) in [6, 6.07) is 13.5. The van der Waals surface area contributed by atoms with Crippen LogP contribution < -0.4 is 10.2 Å². The van der Waals surface area contributed by atoms with E-state index in [2.05, 4.69) is 41.4 Å². The Hall–Kier alpha value is -2.40. The van der Waals surface area contributed by atoms with E-state index < -0.39 is 0 Å². The minimum Gasteiger partial charge on any atom is -0.338 e. The van der Waals surface area contributed by atoms with Crippen LogP contribution in [-0.2, 0) is 12.0 Å². The molecule has 4 rings (SSSR count). The van der Waals surface area contributed by atoms with E-state index in [1.165, 1.54) is 17.2 Å². The highest BCUT2D eigenvalue weighted by Crippen LogP contribution is 2.47. The predicted molar refractivity (Wildman–Crippen MR) is 110 cm³/mol. The van der Waals surface area contributed by atoms with Gasteiger partial charge in [0.2, 0.25) is 0 Å². The monoisotopic (exact) mass is 381 g/mol. The van der Waals surface area contributed by atoms with Crippen LogP contribution in [0.15, 0.2) is 42.5 Å². The van der Waals surface area contributed by atoms with Gasteiger partial charge in [0.25, 0.3) is 0 Å². The Morgan fingerprint density at radius 2 is 1.86 bits per heavy atom. The zero-order chi connectivity index (χ0) is 19.7. The molecule has 1 fully saturated rings. The minimum absolute atomic E-state index is 0.0886. The summed E-state index contributed by atoms with van der Waals surface area (Å²) < 4.78 is 14.0. The summed E-state index contributed by atoms with van der Waals surface area (Å²) in [5.41, 5.74) is 4.31. The SMILES string of the molecule is CCNC(=O)N1CC2(CCN(Cc3ccc(C)cc3)CC2)c2cc(F)ccc21. The fourth-order valence-electron chi connectivity index (χ4n) is 4.59. The highest BCUT2D eigenvalue weighted by atomic mass is 19.1. The normalized spacial score (nSPS) is 18.3. The summed E-state index contributed by atoms with van der Waals surface area (Å²) in [6.07, 6.45) is 1.87. The third-order valence-corrected chi connectivity index (χ3v) is 6.19. The van der Waals surface area contributed by atoms with Crippen molar-refractivity contribution in [2.24, 2.45) is 0 Å². The summed E-state index contributed by atoms with van der Waals surface area (Å²) in [7, 11) is 0. The molecule has 2 aromatic carbocycles. The summed E-state index contributed by atoms with van der Waals surface area (Å²) in [6.45, 7) is 8.08. The van der Waals surface area contributed by atoms with E-state index in [9.17, 15) is 9.18 Å². The number of hydrogen-bond acceptors (Lipinski definition) is 2. The number of likely N-dealkylation sites (tertiary alicyclic amines) is 1. The third-order valence-electron chi connectivity index (χ3n) is 6.19. The standard InChI is InChI=1S/C23H28FN3O/c1-3-25-22(28)27-16-23(20-14-19(24)8-9-21(20)27)10-12-26(13-11-23)15-18-6-4-17(2)5-7-18/h4-9,14H,3,10-13,15-16H2,1-2H3,(H,25,28). The number of fused-ring (bicyclic) bond motifs is 2. The molecular formula is C23H28FN3O. The number of rotatable bonds is 3. The molecule has 2 amide bonds. The van der Waals surface area contributed by atoms with Gasteiger partial charge in [-0.1, -0.05) is 29.8 Å². The zero-order valence-electron chi connectivity index (χ0n) is 16.7. The lowest BCUT2D eigenvalue weighted by molar-refractivity contribution is 0.159. The number of nitrogens with one attached hydrogen (secondary N) is 1. The van der Waals surface area contributed by atoms with Gasteiger partial charge in [-0.15, -0.1) is 0 Å². The van der Waals surface area contributed by atoms with Crippen molar-refractivity contribution in [2.45, 2.75) is 38.6 Å². The van der Waals surface area contributed by atoms with Crippen molar-refractivity contribution < 1.29 is 9.18 Å². The molecule has 0 saturated carbocycles. The van der Waals surface area contributed by atoms with Gasteiger partial charge in [-0.05, 0) is 69.1 Å². The molecule has 4 nitrogen and oxygen atoms in total. The van der Waals surface area contributed by atoms with Gasteiger partial charge in [-0.2, -0.15) is 0 Å². The number of carbonyl (C=O) groups excluding carboxylic acids is 1. The smallest absolute Gasteiger partial charge is 0.321 e. The Morgan fingerprint density at radius 1 is 1.14 bits per heavy atom. The molecule has 2 aromatic rings. The lowest BCUT2D eigenvalue weighted by Crippen LogP contribution is -2.47. The largest absolute Gasteiger partial charge is 0.338 e. The summed E-state index contributed by atoms with van der Waals surface area (Å²) in [5.74, 6) is -0.224. The van der Waals surface area contributed by atoms with E-state index in [0.717, 1.165) is 43.7 Å². The number of amides is 2. The van der Waals surface area contributed by atoms with Gasteiger partial charge in [0.1, 0.15) is 5.82 Å². The third kappa shape index (κ3) is 3.51. The molecule has 148 valence electrons. The maximum Gasteiger partial charge on any atom is 0.321 e. The predicted octanol–water partition coefficient (Wildman–Crippen LogP) is 4.22. The molecule has 0 radical (unpaired) electrons. The number of piperidine rings is 1. The fourth-order valence-corrected chi connectivity index (χ4v) is 4.59. The first-order chi connectivity index (χ1) is 13.5. The highest BCUT2D eigenvalue weighted by molar-refractivity contribution is 5.95. The minimum atomic E-state index is -0.224. The Kier molecular flexibility index (Phi) is 5.11. The Balaban J connectivity index is 1.52. The number of aryl methyl sites for hydroxylation is 1. The lowest BCUT2D eigenvalue weighted by atomic mass is 9.74. The van der Waals surface area contributed by atoms with Crippen molar-refractivity contribution in [3.05, 3.63) is 65.0 Å². The number of benzene rings is 2. The first kappa shape index (κ1) is 18.9. The van der Waals surface area contributed by atoms with Crippen molar-refractivity contribution in [1.82, 2.24) is 10.2 Å². The molecule has 2 aliphatic rings. The van der Waals surface area contributed by atoms with Crippen molar-refractivity contribution in [2.75, 3.05) is 31.1 Å². The number of nitrogens with zero attached hydrogens (tertiary/aromatic N) is 2. The Bertz CT molecular complexity index is 857. The van der Waals surface area contributed by atoms with E-state index in [-0.39, 0.29) is 17.3 Å². The fraction of sp³-hybridized carbons (Fsp3) is 0.435. The molecule has 0 atom stereocenters. The van der Waals surface area contributed by atoms with Crippen LogP contribution in [0, 0.1) is 12.7 Å². The average molecular weight is 381 g/mol. The van der Waals surface area contributed by atoms with E-state index in [1.54, 1.807) is 17.0 Å². The van der Waals surface area contributed by atoms with Crippen LogP contribution in [0.3, 0.4) is 0 Å². The molecule has 1 saturated heterocycles. The Morgan fingerprint density at radius 3 is 2.54 bits per heavy atom. The molecule has 5 heteroatoms. The summed E-state index contributed by atoms with van der Waals surface area (Å²) in [4.78, 5) is 16.8. The Labute approximate surface area is 166 Å². The van der Waals surface area contributed by atoms with Crippen molar-refractivity contribution in [3.63, 3.8) is 0 Å². The molecule has 2 heterocycles. The van der Waals surface area contributed by atoms with Crippen LogP contribution in [0.5, 0.6) is 0 Å². The van der Waals surface area contributed by atoms with E-state index >= 15 is 0 Å². The van der Waals surface area contributed by atoms with Gasteiger partial charge in [-0.25, -0.2) is 9.18 Å². The molecule has 2 aliphatic heterocycles. The molecule has 1 spiro atoms. The van der Waals surface area contributed by atoms with Crippen LogP contribution in [0.2, 0.25) is 0 Å². The molecule has 1 N–H and O–H groups in total.